The number of carbonyl (C=O) groups is 1. The van der Waals surface area contributed by atoms with Crippen LogP contribution < -0.4 is 11.1 Å². The van der Waals surface area contributed by atoms with Gasteiger partial charge in [-0.25, -0.2) is 0 Å². The van der Waals surface area contributed by atoms with Crippen molar-refractivity contribution < 1.29 is 4.79 Å². The lowest BCUT2D eigenvalue weighted by molar-refractivity contribution is 0.0936. The number of nitrogens with zero attached hydrogens (tertiary/aromatic N) is 1. The van der Waals surface area contributed by atoms with Crippen LogP contribution in [0, 0.1) is 18.8 Å². The Balaban J connectivity index is 2.78. The van der Waals surface area contributed by atoms with E-state index in [1.165, 1.54) is 0 Å². The van der Waals surface area contributed by atoms with E-state index < -0.39 is 0 Å². The first-order valence-electron chi connectivity index (χ1n) is 7.19. The lowest BCUT2D eigenvalue weighted by atomic mass is 10.0. The maximum Gasteiger partial charge on any atom is 0.251 e. The predicted octanol–water partition coefficient (Wildman–Crippen LogP) is 1.38. The van der Waals surface area contributed by atoms with Gasteiger partial charge in [0.05, 0.1) is 6.54 Å². The molecule has 21 heavy (non-hydrogen) atoms. The summed E-state index contributed by atoms with van der Waals surface area (Å²) in [5.41, 5.74) is 7.82. The minimum absolute atomic E-state index is 0.0462. The third-order valence-corrected chi connectivity index (χ3v) is 3.29. The van der Waals surface area contributed by atoms with Crippen LogP contribution in [0.2, 0.25) is 0 Å². The van der Waals surface area contributed by atoms with E-state index in [0.717, 1.165) is 24.1 Å². The summed E-state index contributed by atoms with van der Waals surface area (Å²) in [7, 11) is 4.05. The number of rotatable bonds is 5. The van der Waals surface area contributed by atoms with Gasteiger partial charge in [-0.15, -0.1) is 0 Å². The number of nitrogens with one attached hydrogen (secondary N) is 1. The Bertz CT molecular complexity index is 541. The molecule has 3 N–H and O–H groups in total. The summed E-state index contributed by atoms with van der Waals surface area (Å²) in [4.78, 5) is 14.5. The highest BCUT2D eigenvalue weighted by Gasteiger charge is 2.13. The molecule has 0 aliphatic rings. The van der Waals surface area contributed by atoms with Crippen LogP contribution in [0.5, 0.6) is 0 Å². The maximum atomic E-state index is 12.3. The van der Waals surface area contributed by atoms with Gasteiger partial charge < -0.3 is 16.0 Å². The molecule has 1 aromatic rings. The minimum Gasteiger partial charge on any atom is -0.350 e. The Morgan fingerprint density at radius 1 is 1.43 bits per heavy atom. The Hall–Kier alpha value is -1.83. The summed E-state index contributed by atoms with van der Waals surface area (Å²) in [6, 6.07) is 5.73. The third-order valence-electron chi connectivity index (χ3n) is 3.29. The normalized spacial score (nSPS) is 11.7. The van der Waals surface area contributed by atoms with Crippen LogP contribution in [0.25, 0.3) is 0 Å². The van der Waals surface area contributed by atoms with Gasteiger partial charge in [-0.2, -0.15) is 0 Å². The molecule has 0 bridgehead atoms. The van der Waals surface area contributed by atoms with Crippen molar-refractivity contribution in [3.8, 4) is 11.8 Å². The van der Waals surface area contributed by atoms with E-state index in [2.05, 4.69) is 22.1 Å². The monoisotopic (exact) mass is 287 g/mol. The number of carbonyl (C=O) groups excluding carboxylic acids is 1. The lowest BCUT2D eigenvalue weighted by Crippen LogP contribution is -2.35. The fourth-order valence-electron chi connectivity index (χ4n) is 1.99. The summed E-state index contributed by atoms with van der Waals surface area (Å²) in [6.07, 6.45) is 0.921. The predicted molar refractivity (Wildman–Crippen MR) is 87.2 cm³/mol. The molecule has 1 rings (SSSR count). The van der Waals surface area contributed by atoms with Gasteiger partial charge in [0.2, 0.25) is 0 Å². The molecule has 1 amide bonds. The van der Waals surface area contributed by atoms with Gasteiger partial charge in [0.15, 0.2) is 0 Å². The van der Waals surface area contributed by atoms with Gasteiger partial charge in [0.25, 0.3) is 5.91 Å². The summed E-state index contributed by atoms with van der Waals surface area (Å²) < 4.78 is 0. The van der Waals surface area contributed by atoms with E-state index in [-0.39, 0.29) is 11.9 Å². The van der Waals surface area contributed by atoms with Gasteiger partial charge in [0, 0.05) is 17.2 Å². The highest BCUT2D eigenvalue weighted by Crippen LogP contribution is 2.13. The number of hydrogen-bond acceptors (Lipinski definition) is 3. The summed E-state index contributed by atoms with van der Waals surface area (Å²) in [5, 5.41) is 3.04. The summed E-state index contributed by atoms with van der Waals surface area (Å²) >= 11 is 0. The van der Waals surface area contributed by atoms with E-state index >= 15 is 0 Å². The number of nitrogens with two attached hydrogens (primary N) is 1. The number of hydrogen-bond donors (Lipinski definition) is 2. The minimum atomic E-state index is -0.0462. The SMILES string of the molecule is Cc1c(C#CCN)cccc1C(=O)NC(C)CCN(C)C. The third kappa shape index (κ3) is 5.58. The summed E-state index contributed by atoms with van der Waals surface area (Å²) in [5.74, 6) is 5.78. The standard InChI is InChI=1S/C17H25N3O/c1-13(10-12-20(3)4)19-17(21)16-9-5-7-15(14(16)2)8-6-11-18/h5,7,9,13H,10-12,18H2,1-4H3,(H,19,21). The van der Waals surface area contributed by atoms with Crippen molar-refractivity contribution in [2.75, 3.05) is 27.2 Å². The van der Waals surface area contributed by atoms with Crippen LogP contribution in [0.15, 0.2) is 18.2 Å². The molecule has 114 valence electrons. The Labute approximate surface area is 127 Å². The fraction of sp³-hybridized carbons (Fsp3) is 0.471. The van der Waals surface area contributed by atoms with Crippen molar-refractivity contribution in [2.45, 2.75) is 26.3 Å². The van der Waals surface area contributed by atoms with E-state index in [1.807, 2.05) is 46.1 Å². The molecule has 0 aromatic heterocycles. The molecule has 0 saturated carbocycles. The van der Waals surface area contributed by atoms with Gasteiger partial charge in [-0.1, -0.05) is 17.9 Å². The number of benzene rings is 1. The first-order chi connectivity index (χ1) is 9.95. The molecule has 1 aromatic carbocycles. The first-order valence-corrected chi connectivity index (χ1v) is 7.19. The van der Waals surface area contributed by atoms with Crippen molar-refractivity contribution in [1.29, 1.82) is 0 Å². The molecule has 0 radical (unpaired) electrons. The first kappa shape index (κ1) is 17.2. The molecule has 1 atom stereocenters. The highest BCUT2D eigenvalue weighted by atomic mass is 16.1. The van der Waals surface area contributed by atoms with Crippen LogP contribution in [-0.4, -0.2) is 44.0 Å². The van der Waals surface area contributed by atoms with Crippen molar-refractivity contribution in [2.24, 2.45) is 5.73 Å². The smallest absolute Gasteiger partial charge is 0.251 e. The second-order valence-electron chi connectivity index (χ2n) is 5.45. The number of amides is 1. The molecule has 4 nitrogen and oxygen atoms in total. The second-order valence-corrected chi connectivity index (χ2v) is 5.45. The van der Waals surface area contributed by atoms with Gasteiger partial charge in [0.1, 0.15) is 0 Å². The Morgan fingerprint density at radius 2 is 2.14 bits per heavy atom. The fourth-order valence-corrected chi connectivity index (χ4v) is 1.99. The van der Waals surface area contributed by atoms with Gasteiger partial charge >= 0.3 is 0 Å². The quantitative estimate of drug-likeness (QED) is 0.804. The van der Waals surface area contributed by atoms with E-state index in [4.69, 9.17) is 5.73 Å². The zero-order chi connectivity index (χ0) is 15.8. The van der Waals surface area contributed by atoms with E-state index in [1.54, 1.807) is 0 Å². The van der Waals surface area contributed by atoms with Crippen LogP contribution in [-0.2, 0) is 0 Å². The Morgan fingerprint density at radius 3 is 2.76 bits per heavy atom. The molecule has 0 aliphatic carbocycles. The van der Waals surface area contributed by atoms with Gasteiger partial charge in [-0.05, 0) is 58.6 Å². The van der Waals surface area contributed by atoms with E-state index in [9.17, 15) is 4.79 Å². The molecule has 0 fully saturated rings. The summed E-state index contributed by atoms with van der Waals surface area (Å²) in [6.45, 7) is 5.20. The van der Waals surface area contributed by atoms with E-state index in [0.29, 0.717) is 12.1 Å². The average molecular weight is 287 g/mol. The van der Waals surface area contributed by atoms with Crippen LogP contribution >= 0.6 is 0 Å². The average Bonchev–Trinajstić information content (AvgIpc) is 2.44. The highest BCUT2D eigenvalue weighted by molar-refractivity contribution is 5.96. The van der Waals surface area contributed by atoms with Crippen molar-refractivity contribution in [3.05, 3.63) is 34.9 Å². The molecule has 0 aliphatic heterocycles. The van der Waals surface area contributed by atoms with Crippen molar-refractivity contribution in [3.63, 3.8) is 0 Å². The van der Waals surface area contributed by atoms with Crippen molar-refractivity contribution in [1.82, 2.24) is 10.2 Å². The molecule has 0 saturated heterocycles. The second kappa shape index (κ2) is 8.46. The van der Waals surface area contributed by atoms with Crippen LogP contribution in [0.4, 0.5) is 0 Å². The van der Waals surface area contributed by atoms with Crippen molar-refractivity contribution >= 4 is 5.91 Å². The molecule has 0 spiro atoms. The maximum absolute atomic E-state index is 12.3. The van der Waals surface area contributed by atoms with Crippen LogP contribution in [0.3, 0.4) is 0 Å². The molecule has 4 heteroatoms. The Kier molecular flexibility index (Phi) is 6.93. The largest absolute Gasteiger partial charge is 0.350 e. The molecular formula is C17H25N3O. The molecular weight excluding hydrogens is 262 g/mol. The van der Waals surface area contributed by atoms with Crippen LogP contribution in [0.1, 0.15) is 34.8 Å². The molecule has 0 heterocycles. The topological polar surface area (TPSA) is 58.4 Å². The zero-order valence-corrected chi connectivity index (χ0v) is 13.4. The molecule has 1 unspecified atom stereocenters. The zero-order valence-electron chi connectivity index (χ0n) is 13.4. The van der Waals surface area contributed by atoms with Gasteiger partial charge in [-0.3, -0.25) is 4.79 Å². The lowest BCUT2D eigenvalue weighted by Gasteiger charge is -2.17.